The van der Waals surface area contributed by atoms with Crippen LogP contribution in [0, 0.1) is 5.92 Å². The number of thiophene rings is 1. The van der Waals surface area contributed by atoms with Gasteiger partial charge in [-0.2, -0.15) is 5.10 Å². The summed E-state index contributed by atoms with van der Waals surface area (Å²) in [6.07, 6.45) is 3.48. The van der Waals surface area contributed by atoms with Crippen LogP contribution >= 0.6 is 11.3 Å². The fraction of sp³-hybridized carbons (Fsp3) is 0.381. The lowest BCUT2D eigenvalue weighted by molar-refractivity contribution is 0.339. The van der Waals surface area contributed by atoms with Gasteiger partial charge >= 0.3 is 0 Å². The predicted molar refractivity (Wildman–Crippen MR) is 109 cm³/mol. The fourth-order valence-corrected chi connectivity index (χ4v) is 4.39. The molecule has 4 nitrogen and oxygen atoms in total. The quantitative estimate of drug-likeness (QED) is 0.685. The van der Waals surface area contributed by atoms with Crippen molar-refractivity contribution in [1.29, 1.82) is 0 Å². The second-order valence-electron chi connectivity index (χ2n) is 6.94. The lowest BCUT2D eigenvalue weighted by atomic mass is 10.1. The maximum absolute atomic E-state index is 4.88. The van der Waals surface area contributed by atoms with Crippen LogP contribution in [-0.2, 0) is 6.54 Å². The zero-order chi connectivity index (χ0) is 17.8. The second kappa shape index (κ2) is 8.16. The van der Waals surface area contributed by atoms with Gasteiger partial charge in [-0.3, -0.25) is 0 Å². The minimum absolute atomic E-state index is 0.768. The summed E-state index contributed by atoms with van der Waals surface area (Å²) in [6.45, 7) is 7.84. The number of para-hydroxylation sites is 1. The first-order valence-electron chi connectivity index (χ1n) is 9.44. The summed E-state index contributed by atoms with van der Waals surface area (Å²) in [4.78, 5) is 3.77. The molecule has 0 spiro atoms. The molecule has 3 heterocycles. The summed E-state index contributed by atoms with van der Waals surface area (Å²) in [7, 11) is 0. The van der Waals surface area contributed by atoms with Crippen molar-refractivity contribution in [2.24, 2.45) is 5.92 Å². The minimum Gasteiger partial charge on any atom is -0.312 e. The summed E-state index contributed by atoms with van der Waals surface area (Å²) >= 11 is 1.75. The number of benzene rings is 1. The van der Waals surface area contributed by atoms with E-state index in [1.807, 2.05) is 10.7 Å². The molecule has 1 saturated heterocycles. The molecule has 0 saturated carbocycles. The fourth-order valence-electron chi connectivity index (χ4n) is 3.65. The summed E-state index contributed by atoms with van der Waals surface area (Å²) in [5.41, 5.74) is 3.46. The number of likely N-dealkylation sites (tertiary alicyclic amines) is 1. The van der Waals surface area contributed by atoms with Gasteiger partial charge in [-0.15, -0.1) is 11.3 Å². The molecule has 1 aliphatic rings. The van der Waals surface area contributed by atoms with Gasteiger partial charge in [-0.05, 0) is 55.6 Å². The number of hydrogen-bond donors (Lipinski definition) is 1. The van der Waals surface area contributed by atoms with E-state index in [4.69, 9.17) is 5.10 Å². The highest BCUT2D eigenvalue weighted by molar-refractivity contribution is 7.13. The molecular weight excluding hydrogens is 340 g/mol. The summed E-state index contributed by atoms with van der Waals surface area (Å²) in [5.74, 6) is 0.768. The molecular formula is C21H26N4S. The van der Waals surface area contributed by atoms with E-state index in [-0.39, 0.29) is 0 Å². The molecule has 1 aromatic carbocycles. The van der Waals surface area contributed by atoms with Gasteiger partial charge in [-0.1, -0.05) is 31.2 Å². The van der Waals surface area contributed by atoms with Crippen LogP contribution in [0.4, 0.5) is 0 Å². The third kappa shape index (κ3) is 3.90. The van der Waals surface area contributed by atoms with Crippen molar-refractivity contribution in [2.45, 2.75) is 19.9 Å². The molecule has 26 heavy (non-hydrogen) atoms. The lowest BCUT2D eigenvalue weighted by Gasteiger charge is -2.13. The van der Waals surface area contributed by atoms with Crippen LogP contribution in [0.15, 0.2) is 54.0 Å². The molecule has 1 unspecified atom stereocenters. The third-order valence-electron chi connectivity index (χ3n) is 5.13. The molecule has 1 N–H and O–H groups in total. The first-order valence-corrected chi connectivity index (χ1v) is 10.3. The van der Waals surface area contributed by atoms with E-state index in [1.54, 1.807) is 11.3 Å². The highest BCUT2D eigenvalue weighted by Crippen LogP contribution is 2.28. The van der Waals surface area contributed by atoms with Gasteiger partial charge in [0.2, 0.25) is 0 Å². The maximum Gasteiger partial charge on any atom is 0.107 e. The van der Waals surface area contributed by atoms with Gasteiger partial charge in [0.05, 0.1) is 10.6 Å². The van der Waals surface area contributed by atoms with Crippen LogP contribution in [-0.4, -0.2) is 40.9 Å². The number of nitrogens with one attached hydrogen (secondary N) is 1. The molecule has 5 heteroatoms. The molecule has 3 aromatic rings. The van der Waals surface area contributed by atoms with Crippen molar-refractivity contribution < 1.29 is 0 Å². The SMILES string of the molecule is CCN1CCC(CNCc2cn(-c3ccccc3)nc2-c2cccs2)C1. The van der Waals surface area contributed by atoms with Gasteiger partial charge in [0.15, 0.2) is 0 Å². The highest BCUT2D eigenvalue weighted by Gasteiger charge is 2.21. The highest BCUT2D eigenvalue weighted by atomic mass is 32.1. The summed E-state index contributed by atoms with van der Waals surface area (Å²) in [5, 5.41) is 10.7. The third-order valence-corrected chi connectivity index (χ3v) is 6.01. The normalized spacial score (nSPS) is 17.8. The monoisotopic (exact) mass is 366 g/mol. The average Bonchev–Trinajstić information content (AvgIpc) is 3.43. The second-order valence-corrected chi connectivity index (χ2v) is 7.89. The Morgan fingerprint density at radius 2 is 2.08 bits per heavy atom. The van der Waals surface area contributed by atoms with Crippen LogP contribution in [0.2, 0.25) is 0 Å². The van der Waals surface area contributed by atoms with Crippen LogP contribution < -0.4 is 5.32 Å². The van der Waals surface area contributed by atoms with Gasteiger partial charge in [0.1, 0.15) is 5.69 Å². The topological polar surface area (TPSA) is 33.1 Å². The largest absolute Gasteiger partial charge is 0.312 e. The van der Waals surface area contributed by atoms with E-state index in [2.05, 4.69) is 65.1 Å². The van der Waals surface area contributed by atoms with E-state index in [9.17, 15) is 0 Å². The van der Waals surface area contributed by atoms with Gasteiger partial charge in [0, 0.05) is 24.8 Å². The Morgan fingerprint density at radius 1 is 1.19 bits per heavy atom. The van der Waals surface area contributed by atoms with E-state index in [0.717, 1.165) is 30.4 Å². The van der Waals surface area contributed by atoms with Crippen molar-refractivity contribution in [3.63, 3.8) is 0 Å². The average molecular weight is 367 g/mol. The van der Waals surface area contributed by atoms with Crippen LogP contribution in [0.1, 0.15) is 18.9 Å². The molecule has 1 aliphatic heterocycles. The summed E-state index contributed by atoms with van der Waals surface area (Å²) in [6, 6.07) is 14.6. The minimum atomic E-state index is 0.768. The molecule has 0 aliphatic carbocycles. The van der Waals surface area contributed by atoms with E-state index < -0.39 is 0 Å². The molecule has 136 valence electrons. The number of hydrogen-bond acceptors (Lipinski definition) is 4. The zero-order valence-electron chi connectivity index (χ0n) is 15.3. The van der Waals surface area contributed by atoms with Crippen LogP contribution in [0.3, 0.4) is 0 Å². The molecule has 0 bridgehead atoms. The number of nitrogens with zero attached hydrogens (tertiary/aromatic N) is 3. The van der Waals surface area contributed by atoms with Crippen molar-refractivity contribution in [3.8, 4) is 16.3 Å². The predicted octanol–water partition coefficient (Wildman–Crippen LogP) is 4.03. The Balaban J connectivity index is 1.48. The number of rotatable bonds is 7. The molecule has 2 aromatic heterocycles. The Kier molecular flexibility index (Phi) is 5.48. The van der Waals surface area contributed by atoms with Crippen LogP contribution in [0.5, 0.6) is 0 Å². The molecule has 1 atom stereocenters. The van der Waals surface area contributed by atoms with Crippen molar-refractivity contribution >= 4 is 11.3 Å². The standard InChI is InChI=1S/C21H26N4S/c1-2-24-11-10-17(15-24)13-22-14-18-16-25(19-7-4-3-5-8-19)23-21(18)20-9-6-12-26-20/h3-9,12,16-17,22H,2,10-11,13-15H2,1H3. The molecule has 4 rings (SSSR count). The van der Waals surface area contributed by atoms with Crippen LogP contribution in [0.25, 0.3) is 16.3 Å². The van der Waals surface area contributed by atoms with Crippen molar-refractivity contribution in [2.75, 3.05) is 26.2 Å². The molecule has 0 radical (unpaired) electrons. The Morgan fingerprint density at radius 3 is 2.81 bits per heavy atom. The van der Waals surface area contributed by atoms with Gasteiger partial charge in [0.25, 0.3) is 0 Å². The smallest absolute Gasteiger partial charge is 0.107 e. The van der Waals surface area contributed by atoms with E-state index in [1.165, 1.54) is 36.5 Å². The molecule has 1 fully saturated rings. The number of aromatic nitrogens is 2. The van der Waals surface area contributed by atoms with E-state index in [0.29, 0.717) is 0 Å². The lowest BCUT2D eigenvalue weighted by Crippen LogP contribution is -2.26. The zero-order valence-corrected chi connectivity index (χ0v) is 16.1. The Bertz CT molecular complexity index is 810. The van der Waals surface area contributed by atoms with Crippen molar-refractivity contribution in [3.05, 3.63) is 59.6 Å². The maximum atomic E-state index is 4.88. The first-order chi connectivity index (χ1) is 12.8. The summed E-state index contributed by atoms with van der Waals surface area (Å²) < 4.78 is 2.00. The van der Waals surface area contributed by atoms with Gasteiger partial charge in [-0.25, -0.2) is 4.68 Å². The Labute approximate surface area is 159 Å². The first kappa shape index (κ1) is 17.5. The van der Waals surface area contributed by atoms with Gasteiger partial charge < -0.3 is 10.2 Å². The Hall–Kier alpha value is -1.95. The van der Waals surface area contributed by atoms with E-state index >= 15 is 0 Å². The molecule has 0 amide bonds. The van der Waals surface area contributed by atoms with Crippen molar-refractivity contribution in [1.82, 2.24) is 20.0 Å².